The Kier molecular flexibility index (Phi) is 10.6. The van der Waals surface area contributed by atoms with E-state index in [1.54, 1.807) is 54.6 Å². The normalized spacial score (nSPS) is 26.4. The van der Waals surface area contributed by atoms with Gasteiger partial charge in [-0.3, -0.25) is 14.6 Å². The van der Waals surface area contributed by atoms with E-state index in [0.717, 1.165) is 11.1 Å². The largest absolute Gasteiger partial charge is 0.479 e. The summed E-state index contributed by atoms with van der Waals surface area (Å²) in [5.41, 5.74) is -1.04. The number of hydrogen-bond donors (Lipinski definition) is 3. The van der Waals surface area contributed by atoms with Gasteiger partial charge in [-0.05, 0) is 16.7 Å². The van der Waals surface area contributed by atoms with Crippen LogP contribution in [0, 0.1) is 5.92 Å². The second-order valence-corrected chi connectivity index (χ2v) is 12.4. The van der Waals surface area contributed by atoms with Crippen LogP contribution in [-0.4, -0.2) is 83.4 Å². The summed E-state index contributed by atoms with van der Waals surface area (Å²) in [5.74, 6) is -4.23. The highest BCUT2D eigenvalue weighted by Gasteiger charge is 2.82. The van der Waals surface area contributed by atoms with Crippen LogP contribution >= 0.6 is 0 Å². The SMILES string of the molecule is CC(=O)OC1C2C=NC(NC(=O)OCc3ccccc3)=[NH+]C2([C@H](OCc2ccccc2)C(=O)O)C(OC(C)=O)C2OC12COCc1ccccc1. The average Bonchev–Trinajstić information content (AvgIpc) is 3.85. The van der Waals surface area contributed by atoms with Crippen LogP contribution in [0.5, 0.6) is 0 Å². The number of nitrogens with one attached hydrogen (secondary N) is 2. The van der Waals surface area contributed by atoms with Crippen molar-refractivity contribution in [1.82, 2.24) is 5.32 Å². The second kappa shape index (κ2) is 15.2. The molecule has 2 aliphatic heterocycles. The van der Waals surface area contributed by atoms with Crippen molar-refractivity contribution < 1.29 is 57.7 Å². The zero-order chi connectivity index (χ0) is 36.0. The van der Waals surface area contributed by atoms with E-state index >= 15 is 0 Å². The first kappa shape index (κ1) is 35.4. The third-order valence-electron chi connectivity index (χ3n) is 8.95. The van der Waals surface area contributed by atoms with Gasteiger partial charge in [0.1, 0.15) is 18.8 Å². The molecule has 3 N–H and O–H groups in total. The van der Waals surface area contributed by atoms with Gasteiger partial charge in [0, 0.05) is 13.8 Å². The Balaban J connectivity index is 1.39. The van der Waals surface area contributed by atoms with Crippen molar-refractivity contribution >= 4 is 36.2 Å². The maximum absolute atomic E-state index is 13.3. The number of carbonyl (C=O) groups is 4. The van der Waals surface area contributed by atoms with Gasteiger partial charge in [-0.15, -0.1) is 0 Å². The van der Waals surface area contributed by atoms with Gasteiger partial charge in [-0.25, -0.2) is 9.59 Å². The van der Waals surface area contributed by atoms with Crippen molar-refractivity contribution in [2.75, 3.05) is 6.61 Å². The minimum atomic E-state index is -1.96. The molecule has 2 heterocycles. The van der Waals surface area contributed by atoms with Gasteiger partial charge in [0.15, 0.2) is 23.3 Å². The van der Waals surface area contributed by atoms with Crippen molar-refractivity contribution in [3.05, 3.63) is 108 Å². The molecular weight excluding hydrogens is 662 g/mol. The number of ether oxygens (including phenoxy) is 6. The molecule has 3 aromatic rings. The molecule has 2 fully saturated rings. The summed E-state index contributed by atoms with van der Waals surface area (Å²) in [6.45, 7) is 2.27. The highest BCUT2D eigenvalue weighted by Crippen LogP contribution is 2.56. The number of carbonyl (C=O) groups excluding carboxylic acids is 3. The standard InChI is InChI=1S/C37H37N3O11/c1-23(41)49-29-28-18-38-34(39-35(45)48-21-27-16-10-5-11-17-27)40-37(28,32(33(43)44)47-20-26-14-8-4-9-15-26)31(50-24(2)42)30-36(29,51-30)22-46-19-25-12-6-3-7-13-25/h3-18,28-32H,19-22H2,1-2H3,(H,43,44)(H,39,40,45)/p+1/t28?,29?,30?,31?,32-,36?,37?/m1/s1. The van der Waals surface area contributed by atoms with E-state index in [1.165, 1.54) is 20.1 Å². The number of benzene rings is 3. The number of fused-ring (bicyclic) bond motifs is 2. The van der Waals surface area contributed by atoms with Gasteiger partial charge in [0.25, 0.3) is 0 Å². The van der Waals surface area contributed by atoms with Crippen LogP contribution < -0.4 is 10.3 Å². The molecule has 51 heavy (non-hydrogen) atoms. The van der Waals surface area contributed by atoms with Crippen LogP contribution in [0.2, 0.25) is 0 Å². The fraction of sp³-hybridized carbons (Fsp3) is 0.351. The van der Waals surface area contributed by atoms with Crippen LogP contribution in [0.15, 0.2) is 96.0 Å². The molecule has 0 aromatic heterocycles. The highest BCUT2D eigenvalue weighted by molar-refractivity contribution is 5.96. The first-order chi connectivity index (χ1) is 24.6. The first-order valence-corrected chi connectivity index (χ1v) is 16.3. The van der Waals surface area contributed by atoms with E-state index in [0.29, 0.717) is 5.56 Å². The number of rotatable bonds is 13. The molecule has 0 bridgehead atoms. The molecule has 6 unspecified atom stereocenters. The molecule has 7 atom stereocenters. The van der Waals surface area contributed by atoms with Gasteiger partial charge in [-0.2, -0.15) is 5.32 Å². The molecule has 6 rings (SSSR count). The number of carboxylic acids is 1. The number of aliphatic imine (C=N–C) groups is 1. The first-order valence-electron chi connectivity index (χ1n) is 16.3. The van der Waals surface area contributed by atoms with Crippen LogP contribution in [0.25, 0.3) is 0 Å². The Morgan fingerprint density at radius 2 is 1.37 bits per heavy atom. The fourth-order valence-corrected chi connectivity index (χ4v) is 6.76. The van der Waals surface area contributed by atoms with Crippen LogP contribution in [0.4, 0.5) is 4.79 Å². The van der Waals surface area contributed by atoms with Gasteiger partial charge in [0.05, 0.1) is 32.0 Å². The van der Waals surface area contributed by atoms with E-state index in [1.807, 2.05) is 36.4 Å². The van der Waals surface area contributed by atoms with Crippen molar-refractivity contribution in [3.8, 4) is 0 Å². The Hall–Kier alpha value is -5.44. The van der Waals surface area contributed by atoms with Gasteiger partial charge in [-0.1, -0.05) is 96.0 Å². The van der Waals surface area contributed by atoms with Crippen molar-refractivity contribution in [3.63, 3.8) is 0 Å². The summed E-state index contributed by atoms with van der Waals surface area (Å²) in [5, 5.41) is 13.3. The predicted octanol–water partition coefficient (Wildman–Crippen LogP) is 1.69. The van der Waals surface area contributed by atoms with Crippen LogP contribution in [0.1, 0.15) is 30.5 Å². The van der Waals surface area contributed by atoms with Crippen molar-refractivity contribution in [2.45, 2.75) is 69.2 Å². The number of alkyl carbamates (subject to hydrolysis) is 1. The zero-order valence-corrected chi connectivity index (χ0v) is 27.9. The minimum absolute atomic E-state index is 0.0542. The predicted molar refractivity (Wildman–Crippen MR) is 178 cm³/mol. The molecule has 0 radical (unpaired) electrons. The fourth-order valence-electron chi connectivity index (χ4n) is 6.76. The Morgan fingerprint density at radius 3 is 1.94 bits per heavy atom. The molecule has 1 saturated heterocycles. The highest BCUT2D eigenvalue weighted by atomic mass is 16.7. The van der Waals surface area contributed by atoms with Crippen LogP contribution in [-0.2, 0) is 62.6 Å². The number of guanidine groups is 1. The summed E-state index contributed by atoms with van der Waals surface area (Å²) in [7, 11) is 0. The number of esters is 2. The molecule has 1 aliphatic carbocycles. The molecule has 14 heteroatoms. The number of epoxide rings is 1. The lowest BCUT2D eigenvalue weighted by atomic mass is 9.62. The smallest absolute Gasteiger partial charge is 0.476 e. The number of aliphatic carboxylic acids is 1. The minimum Gasteiger partial charge on any atom is -0.479 e. The summed E-state index contributed by atoms with van der Waals surface area (Å²) in [6.07, 6.45) is -4.97. The van der Waals surface area contributed by atoms with Gasteiger partial charge in [0.2, 0.25) is 0 Å². The molecule has 266 valence electrons. The van der Waals surface area contributed by atoms with E-state index in [9.17, 15) is 24.3 Å². The Bertz CT molecular complexity index is 1790. The molecule has 1 saturated carbocycles. The quantitative estimate of drug-likeness (QED) is 0.134. The lowest BCUT2D eigenvalue weighted by Gasteiger charge is -2.49. The van der Waals surface area contributed by atoms with E-state index in [4.69, 9.17) is 28.4 Å². The molecule has 1 amide bonds. The number of amides is 1. The van der Waals surface area contributed by atoms with E-state index < -0.39 is 65.5 Å². The third kappa shape index (κ3) is 7.67. The van der Waals surface area contributed by atoms with E-state index in [2.05, 4.69) is 15.3 Å². The molecule has 3 aliphatic rings. The Labute approximate surface area is 293 Å². The van der Waals surface area contributed by atoms with Crippen LogP contribution in [0.3, 0.4) is 0 Å². The summed E-state index contributed by atoms with van der Waals surface area (Å²) in [4.78, 5) is 59.1. The zero-order valence-electron chi connectivity index (χ0n) is 27.9. The Morgan fingerprint density at radius 1 is 0.824 bits per heavy atom. The summed E-state index contributed by atoms with van der Waals surface area (Å²) < 4.78 is 35.7. The van der Waals surface area contributed by atoms with Gasteiger partial charge >= 0.3 is 30.0 Å². The van der Waals surface area contributed by atoms with E-state index in [-0.39, 0.29) is 32.4 Å². The molecule has 3 aromatic carbocycles. The lowest BCUT2D eigenvalue weighted by Crippen LogP contribution is -3.02. The summed E-state index contributed by atoms with van der Waals surface area (Å²) in [6, 6.07) is 27.3. The topological polar surface area (TPSA) is 186 Å². The maximum atomic E-state index is 13.3. The number of carboxylic acid groups (broad SMARTS) is 1. The van der Waals surface area contributed by atoms with Crippen molar-refractivity contribution in [1.29, 1.82) is 0 Å². The molecule has 14 nitrogen and oxygen atoms in total. The molecule has 0 spiro atoms. The number of hydrogen-bond acceptors (Lipinski definition) is 11. The molecular formula is C37H38N3O11+. The second-order valence-electron chi connectivity index (χ2n) is 12.4. The third-order valence-corrected chi connectivity index (χ3v) is 8.95. The maximum Gasteiger partial charge on any atom is 0.476 e. The summed E-state index contributed by atoms with van der Waals surface area (Å²) >= 11 is 0. The average molecular weight is 701 g/mol. The van der Waals surface area contributed by atoms with Crippen molar-refractivity contribution in [2.24, 2.45) is 10.9 Å². The number of nitrogens with zero attached hydrogens (tertiary/aromatic N) is 1. The van der Waals surface area contributed by atoms with Gasteiger partial charge < -0.3 is 33.5 Å². The lowest BCUT2D eigenvalue weighted by molar-refractivity contribution is -0.597. The monoisotopic (exact) mass is 700 g/mol.